The zero-order valence-electron chi connectivity index (χ0n) is 10.2. The van der Waals surface area contributed by atoms with Crippen molar-refractivity contribution in [3.63, 3.8) is 0 Å². The van der Waals surface area contributed by atoms with Gasteiger partial charge in [0.25, 0.3) is 5.91 Å². The van der Waals surface area contributed by atoms with Crippen LogP contribution in [0.1, 0.15) is 10.4 Å². The third-order valence-corrected chi connectivity index (χ3v) is 2.71. The summed E-state index contributed by atoms with van der Waals surface area (Å²) in [5.74, 6) is 0.581. The Kier molecular flexibility index (Phi) is 4.92. The molecule has 0 saturated carbocycles. The minimum absolute atomic E-state index is 0.167. The van der Waals surface area contributed by atoms with Crippen LogP contribution < -0.4 is 10.1 Å². The average Bonchev–Trinajstić information content (AvgIpc) is 2.46. The van der Waals surface area contributed by atoms with Crippen LogP contribution in [0.4, 0.5) is 5.69 Å². The van der Waals surface area contributed by atoms with Crippen molar-refractivity contribution in [3.05, 3.63) is 54.4 Å². The van der Waals surface area contributed by atoms with Gasteiger partial charge in [-0.25, -0.2) is 0 Å². The summed E-state index contributed by atoms with van der Waals surface area (Å²) in [6, 6.07) is 10.6. The molecule has 0 unspecified atom stereocenters. The molecule has 1 heterocycles. The number of rotatable bonds is 5. The number of aromatic nitrogens is 1. The Morgan fingerprint density at radius 3 is 2.68 bits per heavy atom. The quantitative estimate of drug-likeness (QED) is 0.861. The molecule has 1 aromatic carbocycles. The first-order valence-corrected chi connectivity index (χ1v) is 6.92. The third kappa shape index (κ3) is 4.06. The molecular weight excluding hydrogens is 308 g/mol. The minimum atomic E-state index is -0.167. The predicted molar refractivity (Wildman–Crippen MR) is 77.9 cm³/mol. The number of pyridine rings is 1. The van der Waals surface area contributed by atoms with Gasteiger partial charge in [0.05, 0.1) is 18.5 Å². The highest BCUT2D eigenvalue weighted by Crippen LogP contribution is 2.14. The fourth-order valence-electron chi connectivity index (χ4n) is 1.50. The molecular formula is C14H13BrN2O2. The Morgan fingerprint density at radius 2 is 2.05 bits per heavy atom. The summed E-state index contributed by atoms with van der Waals surface area (Å²) in [7, 11) is 0. The van der Waals surface area contributed by atoms with Crippen LogP contribution in [-0.2, 0) is 0 Å². The van der Waals surface area contributed by atoms with E-state index < -0.39 is 0 Å². The number of hydrogen-bond acceptors (Lipinski definition) is 3. The minimum Gasteiger partial charge on any atom is -0.493 e. The summed E-state index contributed by atoms with van der Waals surface area (Å²) >= 11 is 3.29. The van der Waals surface area contributed by atoms with Crippen LogP contribution in [0, 0.1) is 0 Å². The normalized spacial score (nSPS) is 9.95. The lowest BCUT2D eigenvalue weighted by Crippen LogP contribution is -2.11. The second-order valence-electron chi connectivity index (χ2n) is 3.76. The van der Waals surface area contributed by atoms with E-state index in [2.05, 4.69) is 26.2 Å². The first-order valence-electron chi connectivity index (χ1n) is 5.80. The molecule has 1 N–H and O–H groups in total. The predicted octanol–water partition coefficient (Wildman–Crippen LogP) is 3.11. The van der Waals surface area contributed by atoms with E-state index in [1.807, 2.05) is 0 Å². The number of halogens is 1. The Morgan fingerprint density at radius 1 is 1.26 bits per heavy atom. The molecule has 0 aliphatic heterocycles. The Hall–Kier alpha value is -1.88. The van der Waals surface area contributed by atoms with Gasteiger partial charge in [0.15, 0.2) is 0 Å². The number of carbonyl (C=O) groups is 1. The Balaban J connectivity index is 1.99. The smallest absolute Gasteiger partial charge is 0.255 e. The molecule has 2 aromatic rings. The van der Waals surface area contributed by atoms with Gasteiger partial charge in [0.1, 0.15) is 5.75 Å². The van der Waals surface area contributed by atoms with Gasteiger partial charge in [0.2, 0.25) is 0 Å². The zero-order valence-corrected chi connectivity index (χ0v) is 11.8. The lowest BCUT2D eigenvalue weighted by molar-refractivity contribution is 0.102. The molecule has 1 amide bonds. The highest BCUT2D eigenvalue weighted by atomic mass is 79.9. The van der Waals surface area contributed by atoms with Crippen LogP contribution >= 0.6 is 15.9 Å². The number of benzene rings is 1. The van der Waals surface area contributed by atoms with Crippen LogP contribution in [-0.4, -0.2) is 22.8 Å². The maximum absolute atomic E-state index is 12.0. The van der Waals surface area contributed by atoms with E-state index in [1.54, 1.807) is 48.8 Å². The van der Waals surface area contributed by atoms with Crippen molar-refractivity contribution in [1.82, 2.24) is 4.98 Å². The average molecular weight is 321 g/mol. The fourth-order valence-corrected chi connectivity index (χ4v) is 1.66. The molecule has 19 heavy (non-hydrogen) atoms. The Labute approximate surface area is 119 Å². The van der Waals surface area contributed by atoms with E-state index in [4.69, 9.17) is 4.74 Å². The zero-order chi connectivity index (χ0) is 13.5. The molecule has 5 heteroatoms. The summed E-state index contributed by atoms with van der Waals surface area (Å²) in [5.41, 5.74) is 1.25. The van der Waals surface area contributed by atoms with Crippen LogP contribution in [0.3, 0.4) is 0 Å². The highest BCUT2D eigenvalue weighted by molar-refractivity contribution is 9.09. The van der Waals surface area contributed by atoms with Crippen molar-refractivity contribution in [3.8, 4) is 5.75 Å². The number of nitrogens with zero attached hydrogens (tertiary/aromatic N) is 1. The topological polar surface area (TPSA) is 51.2 Å². The van der Waals surface area contributed by atoms with Gasteiger partial charge < -0.3 is 10.1 Å². The van der Waals surface area contributed by atoms with Crippen LogP contribution in [0.5, 0.6) is 5.75 Å². The second kappa shape index (κ2) is 6.89. The summed E-state index contributed by atoms with van der Waals surface area (Å²) in [4.78, 5) is 15.9. The summed E-state index contributed by atoms with van der Waals surface area (Å²) in [6.45, 7) is 0.598. The summed E-state index contributed by atoms with van der Waals surface area (Å²) in [6.07, 6.45) is 3.26. The maximum atomic E-state index is 12.0. The van der Waals surface area contributed by atoms with E-state index in [0.717, 1.165) is 11.1 Å². The number of anilines is 1. The molecule has 98 valence electrons. The number of carbonyl (C=O) groups excluding carboxylic acids is 1. The molecule has 0 atom stereocenters. The van der Waals surface area contributed by atoms with Gasteiger partial charge in [-0.05, 0) is 36.4 Å². The molecule has 2 rings (SSSR count). The second-order valence-corrected chi connectivity index (χ2v) is 4.55. The molecule has 4 nitrogen and oxygen atoms in total. The fraction of sp³-hybridized carbons (Fsp3) is 0.143. The van der Waals surface area contributed by atoms with E-state index >= 15 is 0 Å². The highest BCUT2D eigenvalue weighted by Gasteiger charge is 2.06. The largest absolute Gasteiger partial charge is 0.493 e. The molecule has 0 radical (unpaired) electrons. The molecule has 0 spiro atoms. The van der Waals surface area contributed by atoms with E-state index in [9.17, 15) is 4.79 Å². The van der Waals surface area contributed by atoms with E-state index in [0.29, 0.717) is 17.9 Å². The summed E-state index contributed by atoms with van der Waals surface area (Å²) in [5, 5.41) is 3.55. The van der Waals surface area contributed by atoms with E-state index in [1.165, 1.54) is 0 Å². The first kappa shape index (κ1) is 13.5. The Bertz CT molecular complexity index is 529. The van der Waals surface area contributed by atoms with Crippen molar-refractivity contribution >= 4 is 27.5 Å². The van der Waals surface area contributed by atoms with Gasteiger partial charge in [-0.1, -0.05) is 15.9 Å². The molecule has 0 saturated heterocycles. The molecule has 0 aliphatic rings. The van der Waals surface area contributed by atoms with Crippen molar-refractivity contribution in [1.29, 1.82) is 0 Å². The van der Waals surface area contributed by atoms with Crippen LogP contribution in [0.25, 0.3) is 0 Å². The van der Waals surface area contributed by atoms with Gasteiger partial charge in [-0.3, -0.25) is 9.78 Å². The van der Waals surface area contributed by atoms with Crippen molar-refractivity contribution in [2.24, 2.45) is 0 Å². The van der Waals surface area contributed by atoms with Crippen molar-refractivity contribution in [2.45, 2.75) is 0 Å². The number of alkyl halides is 1. The first-order chi connectivity index (χ1) is 9.29. The number of ether oxygens (including phenoxy) is 1. The summed E-state index contributed by atoms with van der Waals surface area (Å²) < 4.78 is 5.42. The molecule has 0 bridgehead atoms. The van der Waals surface area contributed by atoms with Crippen LogP contribution in [0.2, 0.25) is 0 Å². The molecule has 0 aliphatic carbocycles. The van der Waals surface area contributed by atoms with Gasteiger partial charge in [-0.15, -0.1) is 0 Å². The molecule has 0 fully saturated rings. The van der Waals surface area contributed by atoms with Crippen molar-refractivity contribution < 1.29 is 9.53 Å². The number of hydrogen-bond donors (Lipinski definition) is 1. The monoisotopic (exact) mass is 320 g/mol. The third-order valence-electron chi connectivity index (χ3n) is 2.38. The SMILES string of the molecule is O=C(Nc1cccnc1)c1ccc(OCCBr)cc1. The van der Waals surface area contributed by atoms with Gasteiger partial charge in [-0.2, -0.15) is 0 Å². The maximum Gasteiger partial charge on any atom is 0.255 e. The van der Waals surface area contributed by atoms with Gasteiger partial charge >= 0.3 is 0 Å². The van der Waals surface area contributed by atoms with Crippen LogP contribution in [0.15, 0.2) is 48.8 Å². The van der Waals surface area contributed by atoms with Gasteiger partial charge in [0, 0.05) is 17.1 Å². The van der Waals surface area contributed by atoms with E-state index in [-0.39, 0.29) is 5.91 Å². The van der Waals surface area contributed by atoms with Crippen molar-refractivity contribution in [2.75, 3.05) is 17.3 Å². The number of nitrogens with one attached hydrogen (secondary N) is 1. The standard InChI is InChI=1S/C14H13BrN2O2/c15-7-9-19-13-5-3-11(4-6-13)14(18)17-12-2-1-8-16-10-12/h1-6,8,10H,7,9H2,(H,17,18). The lowest BCUT2D eigenvalue weighted by atomic mass is 10.2. The lowest BCUT2D eigenvalue weighted by Gasteiger charge is -2.06. The molecule has 1 aromatic heterocycles. The number of amides is 1.